The Labute approximate surface area is 139 Å². The van der Waals surface area contributed by atoms with Crippen LogP contribution < -0.4 is 10.5 Å². The smallest absolute Gasteiger partial charge is 0.267 e. The predicted molar refractivity (Wildman–Crippen MR) is 87.6 cm³/mol. The van der Waals surface area contributed by atoms with Gasteiger partial charge in [-0.3, -0.25) is 4.79 Å². The van der Waals surface area contributed by atoms with Crippen LogP contribution in [0.1, 0.15) is 29.7 Å². The van der Waals surface area contributed by atoms with Crippen LogP contribution in [0.3, 0.4) is 0 Å². The Kier molecular flexibility index (Phi) is 3.73. The van der Waals surface area contributed by atoms with Crippen LogP contribution in [0, 0.1) is 17.2 Å². The number of nitrogens with zero attached hydrogens (tertiary/aromatic N) is 6. The van der Waals surface area contributed by atoms with Gasteiger partial charge in [0.15, 0.2) is 5.82 Å². The van der Waals surface area contributed by atoms with Crippen LogP contribution >= 0.6 is 0 Å². The molecule has 2 aromatic rings. The zero-order valence-electron chi connectivity index (χ0n) is 13.4. The van der Waals surface area contributed by atoms with Crippen LogP contribution in [0.5, 0.6) is 0 Å². The summed E-state index contributed by atoms with van der Waals surface area (Å²) in [5.74, 6) is 0.965. The van der Waals surface area contributed by atoms with E-state index >= 15 is 0 Å². The normalized spacial score (nSPS) is 17.0. The van der Waals surface area contributed by atoms with Gasteiger partial charge in [-0.05, 0) is 37.3 Å². The molecule has 0 radical (unpaired) electrons. The van der Waals surface area contributed by atoms with Crippen molar-refractivity contribution in [2.75, 3.05) is 18.0 Å². The van der Waals surface area contributed by atoms with Gasteiger partial charge in [0.05, 0.1) is 24.0 Å². The fraction of sp³-hybridized carbons (Fsp3) is 0.471. The monoisotopic (exact) mass is 322 g/mol. The molecule has 1 saturated heterocycles. The van der Waals surface area contributed by atoms with E-state index in [2.05, 4.69) is 21.4 Å². The molecule has 122 valence electrons. The molecule has 0 N–H and O–H groups in total. The maximum Gasteiger partial charge on any atom is 0.267 e. The van der Waals surface area contributed by atoms with Gasteiger partial charge in [-0.2, -0.15) is 15.5 Å². The molecule has 4 rings (SSSR count). The summed E-state index contributed by atoms with van der Waals surface area (Å²) >= 11 is 0. The first kappa shape index (κ1) is 14.8. The molecule has 0 saturated carbocycles. The van der Waals surface area contributed by atoms with Crippen molar-refractivity contribution >= 4 is 5.82 Å². The number of aryl methyl sites for hydroxylation is 2. The van der Waals surface area contributed by atoms with Crippen LogP contribution in [0.4, 0.5) is 5.82 Å². The highest BCUT2D eigenvalue weighted by atomic mass is 16.1. The standard InChI is InChI=1S/C17H18N6O/c18-8-14-5-6-19-20-17(14)22-9-12(10-22)11-23-16(24)7-13-3-1-2-4-15(13)21-23/h5-7,12H,1-4,9-11H2. The fourth-order valence-electron chi connectivity index (χ4n) is 3.48. The molecule has 3 heterocycles. The van der Waals surface area contributed by atoms with Gasteiger partial charge in [-0.25, -0.2) is 4.68 Å². The molecule has 0 bridgehead atoms. The lowest BCUT2D eigenvalue weighted by atomic mass is 9.96. The second kappa shape index (κ2) is 6.04. The molecule has 0 atom stereocenters. The van der Waals surface area contributed by atoms with Crippen LogP contribution in [-0.4, -0.2) is 33.1 Å². The van der Waals surface area contributed by atoms with Gasteiger partial charge in [-0.1, -0.05) is 0 Å². The summed E-state index contributed by atoms with van der Waals surface area (Å²) in [4.78, 5) is 14.3. The molecule has 1 fully saturated rings. The molecule has 7 nitrogen and oxygen atoms in total. The summed E-state index contributed by atoms with van der Waals surface area (Å²) in [7, 11) is 0. The average molecular weight is 322 g/mol. The van der Waals surface area contributed by atoms with E-state index in [1.807, 2.05) is 4.90 Å². The summed E-state index contributed by atoms with van der Waals surface area (Å²) in [5, 5.41) is 21.6. The summed E-state index contributed by atoms with van der Waals surface area (Å²) in [6.07, 6.45) is 5.76. The molecule has 0 spiro atoms. The van der Waals surface area contributed by atoms with Gasteiger partial charge in [0.2, 0.25) is 0 Å². The maximum atomic E-state index is 12.2. The van der Waals surface area contributed by atoms with Gasteiger partial charge in [0.25, 0.3) is 5.56 Å². The van der Waals surface area contributed by atoms with Crippen molar-refractivity contribution in [3.63, 3.8) is 0 Å². The second-order valence-corrected chi connectivity index (χ2v) is 6.50. The number of hydrogen-bond donors (Lipinski definition) is 0. The highest BCUT2D eigenvalue weighted by molar-refractivity contribution is 5.54. The van der Waals surface area contributed by atoms with Crippen molar-refractivity contribution in [3.05, 3.63) is 45.5 Å². The highest BCUT2D eigenvalue weighted by Gasteiger charge is 2.30. The number of rotatable bonds is 3. The van der Waals surface area contributed by atoms with E-state index in [1.54, 1.807) is 16.8 Å². The zero-order chi connectivity index (χ0) is 16.5. The lowest BCUT2D eigenvalue weighted by Crippen LogP contribution is -2.50. The fourth-order valence-corrected chi connectivity index (χ4v) is 3.48. The Bertz CT molecular complexity index is 862. The molecule has 0 amide bonds. The first-order valence-corrected chi connectivity index (χ1v) is 8.31. The van der Waals surface area contributed by atoms with Crippen molar-refractivity contribution < 1.29 is 0 Å². The molecule has 0 aromatic carbocycles. The third kappa shape index (κ3) is 2.64. The first-order valence-electron chi connectivity index (χ1n) is 8.31. The molecular formula is C17H18N6O. The minimum absolute atomic E-state index is 0.00804. The van der Waals surface area contributed by atoms with Gasteiger partial charge in [-0.15, -0.1) is 5.10 Å². The third-order valence-electron chi connectivity index (χ3n) is 4.78. The largest absolute Gasteiger partial charge is 0.353 e. The number of aromatic nitrogens is 4. The predicted octanol–water partition coefficient (Wildman–Crippen LogP) is 0.920. The first-order chi connectivity index (χ1) is 11.7. The number of nitriles is 1. The Morgan fingerprint density at radius 1 is 1.29 bits per heavy atom. The SMILES string of the molecule is N#Cc1ccnnc1N1CC(Cn2nc3c(cc2=O)CCCC3)C1. The summed E-state index contributed by atoms with van der Waals surface area (Å²) in [6.45, 7) is 2.14. The van der Waals surface area contributed by atoms with E-state index in [0.717, 1.165) is 50.0 Å². The minimum Gasteiger partial charge on any atom is -0.353 e. The van der Waals surface area contributed by atoms with Gasteiger partial charge < -0.3 is 4.90 Å². The van der Waals surface area contributed by atoms with E-state index in [4.69, 9.17) is 5.26 Å². The van der Waals surface area contributed by atoms with Crippen molar-refractivity contribution in [1.29, 1.82) is 5.26 Å². The topological polar surface area (TPSA) is 87.7 Å². The molecular weight excluding hydrogens is 304 g/mol. The van der Waals surface area contributed by atoms with Crippen LogP contribution in [0.15, 0.2) is 23.1 Å². The number of fused-ring (bicyclic) bond motifs is 1. The molecule has 1 aliphatic carbocycles. The average Bonchev–Trinajstić information content (AvgIpc) is 2.58. The van der Waals surface area contributed by atoms with E-state index in [1.165, 1.54) is 6.20 Å². The van der Waals surface area contributed by atoms with Gasteiger partial charge >= 0.3 is 0 Å². The molecule has 7 heteroatoms. The Morgan fingerprint density at radius 2 is 2.12 bits per heavy atom. The lowest BCUT2D eigenvalue weighted by molar-refractivity contribution is 0.329. The van der Waals surface area contributed by atoms with E-state index in [0.29, 0.717) is 23.8 Å². The van der Waals surface area contributed by atoms with Crippen molar-refractivity contribution in [3.8, 4) is 6.07 Å². The molecule has 2 aliphatic rings. The third-order valence-corrected chi connectivity index (χ3v) is 4.78. The summed E-state index contributed by atoms with van der Waals surface area (Å²) in [6, 6.07) is 5.57. The molecule has 24 heavy (non-hydrogen) atoms. The minimum atomic E-state index is -0.00804. The van der Waals surface area contributed by atoms with Crippen molar-refractivity contribution in [2.45, 2.75) is 32.2 Å². The van der Waals surface area contributed by atoms with E-state index in [9.17, 15) is 4.79 Å². The summed E-state index contributed by atoms with van der Waals surface area (Å²) < 4.78 is 1.61. The van der Waals surface area contributed by atoms with E-state index < -0.39 is 0 Å². The Hall–Kier alpha value is -2.75. The van der Waals surface area contributed by atoms with Gasteiger partial charge in [0, 0.05) is 25.1 Å². The Balaban J connectivity index is 1.45. The maximum absolute atomic E-state index is 12.2. The van der Waals surface area contributed by atoms with Crippen molar-refractivity contribution in [2.24, 2.45) is 5.92 Å². The summed E-state index contributed by atoms with van der Waals surface area (Å²) in [5.41, 5.74) is 2.73. The quantitative estimate of drug-likeness (QED) is 0.835. The molecule has 1 aliphatic heterocycles. The van der Waals surface area contributed by atoms with E-state index in [-0.39, 0.29) is 5.56 Å². The molecule has 2 aromatic heterocycles. The van der Waals surface area contributed by atoms with Crippen molar-refractivity contribution in [1.82, 2.24) is 20.0 Å². The molecule has 0 unspecified atom stereocenters. The van der Waals surface area contributed by atoms with Crippen LogP contribution in [0.25, 0.3) is 0 Å². The lowest BCUT2D eigenvalue weighted by Gasteiger charge is -2.40. The zero-order valence-corrected chi connectivity index (χ0v) is 13.4. The number of hydrogen-bond acceptors (Lipinski definition) is 6. The number of anilines is 1. The van der Waals surface area contributed by atoms with Crippen LogP contribution in [-0.2, 0) is 19.4 Å². The van der Waals surface area contributed by atoms with Crippen LogP contribution in [0.2, 0.25) is 0 Å². The van der Waals surface area contributed by atoms with Gasteiger partial charge in [0.1, 0.15) is 6.07 Å². The highest BCUT2D eigenvalue weighted by Crippen LogP contribution is 2.25. The Morgan fingerprint density at radius 3 is 2.96 bits per heavy atom. The second-order valence-electron chi connectivity index (χ2n) is 6.50.